The Bertz CT molecular complexity index is 2870. The first-order valence-electron chi connectivity index (χ1n) is 32.7. The van der Waals surface area contributed by atoms with Crippen LogP contribution in [0.3, 0.4) is 0 Å². The van der Waals surface area contributed by atoms with Crippen molar-refractivity contribution >= 4 is 71.0 Å². The number of urea groups is 1. The zero-order valence-electron chi connectivity index (χ0n) is 57.9. The highest BCUT2D eigenvalue weighted by Gasteiger charge is 2.46. The van der Waals surface area contributed by atoms with Crippen molar-refractivity contribution in [3.63, 3.8) is 0 Å². The van der Waals surface area contributed by atoms with Crippen molar-refractivity contribution in [1.82, 2.24) is 46.2 Å². The van der Waals surface area contributed by atoms with Crippen molar-refractivity contribution < 1.29 is 67.0 Å². The number of hydrogen-bond donors (Lipinski definition) is 7. The van der Waals surface area contributed by atoms with Crippen molar-refractivity contribution in [2.75, 3.05) is 53.3 Å². The monoisotopic (exact) mass is 1300 g/mol. The van der Waals surface area contributed by atoms with Gasteiger partial charge in [-0.25, -0.2) is 9.59 Å². The average molecular weight is 1300 g/mol. The van der Waals surface area contributed by atoms with Crippen LogP contribution in [0, 0.1) is 40.9 Å². The molecule has 12 amide bonds. The van der Waals surface area contributed by atoms with Crippen molar-refractivity contribution in [3.8, 4) is 0 Å². The molecule has 25 nitrogen and oxygen atoms in total. The van der Waals surface area contributed by atoms with Gasteiger partial charge in [0, 0.05) is 66.5 Å². The van der Waals surface area contributed by atoms with Gasteiger partial charge in [-0.1, -0.05) is 132 Å². The molecule has 25 heteroatoms. The number of likely N-dealkylation sites (N-methyl/N-ethyl adjacent to an activating group) is 2. The largest absolute Gasteiger partial charge is 0.445 e. The fourth-order valence-corrected chi connectivity index (χ4v) is 12.3. The van der Waals surface area contributed by atoms with Gasteiger partial charge in [0.1, 0.15) is 30.8 Å². The number of nitrogens with one attached hydrogen (secondary N) is 6. The number of likely N-dealkylation sites (tertiary alicyclic amines) is 2. The second-order valence-electron chi connectivity index (χ2n) is 27.0. The summed E-state index contributed by atoms with van der Waals surface area (Å²) < 4.78 is 17.8. The summed E-state index contributed by atoms with van der Waals surface area (Å²) >= 11 is 0. The van der Waals surface area contributed by atoms with Crippen LogP contribution in [-0.4, -0.2) is 181 Å². The minimum atomic E-state index is -1.15. The van der Waals surface area contributed by atoms with E-state index < -0.39 is 119 Å². The third kappa shape index (κ3) is 22.0. The number of amides is 12. The van der Waals surface area contributed by atoms with E-state index in [2.05, 4.69) is 31.9 Å². The number of carbonyl (C=O) groups excluding carboxylic acids is 11. The third-order valence-corrected chi connectivity index (χ3v) is 18.1. The van der Waals surface area contributed by atoms with Crippen LogP contribution in [0.25, 0.3) is 0 Å². The minimum Gasteiger partial charge on any atom is -0.445 e. The van der Waals surface area contributed by atoms with Gasteiger partial charge in [0.25, 0.3) is 0 Å². The maximum atomic E-state index is 14.8. The highest BCUT2D eigenvalue weighted by Crippen LogP contribution is 2.36. The number of nitrogens with zero attached hydrogens (tertiary/aromatic N) is 4. The van der Waals surface area contributed by atoms with E-state index in [1.165, 1.54) is 19.1 Å². The van der Waals surface area contributed by atoms with E-state index >= 15 is 0 Å². The Kier molecular flexibility index (Phi) is 30.2. The van der Waals surface area contributed by atoms with Crippen LogP contribution < -0.4 is 37.6 Å². The molecule has 0 bridgehead atoms. The third-order valence-electron chi connectivity index (χ3n) is 18.1. The first kappa shape index (κ1) is 77.8. The number of nitrogens with two attached hydrogens (primary N) is 1. The van der Waals surface area contributed by atoms with Crippen LogP contribution in [0.2, 0.25) is 0 Å². The molecule has 12 atom stereocenters. The predicted octanol–water partition coefficient (Wildman–Crippen LogP) is 6.04. The van der Waals surface area contributed by atoms with Gasteiger partial charge in [-0.05, 0) is 85.0 Å². The Morgan fingerprint density at radius 1 is 0.742 bits per heavy atom. The zero-order valence-corrected chi connectivity index (χ0v) is 57.9. The minimum absolute atomic E-state index is 0.0535. The lowest BCUT2D eigenvalue weighted by Gasteiger charge is -2.41. The molecule has 2 aromatic rings. The molecule has 2 fully saturated rings. The number of rotatable bonds is 34. The van der Waals surface area contributed by atoms with Crippen molar-refractivity contribution in [3.05, 3.63) is 65.7 Å². The first-order chi connectivity index (χ1) is 43.7. The van der Waals surface area contributed by atoms with Gasteiger partial charge < -0.3 is 61.6 Å². The van der Waals surface area contributed by atoms with Crippen LogP contribution in [0.5, 0.6) is 0 Å². The van der Waals surface area contributed by atoms with Crippen molar-refractivity contribution in [1.29, 1.82) is 0 Å². The lowest BCUT2D eigenvalue weighted by atomic mass is 9.80. The van der Waals surface area contributed by atoms with Crippen molar-refractivity contribution in [2.24, 2.45) is 46.7 Å². The molecular formula is C68H107N11O14. The summed E-state index contributed by atoms with van der Waals surface area (Å²) in [5.74, 6) is -6.49. The number of hydrogen-bond acceptors (Lipinski definition) is 14. The second kappa shape index (κ2) is 36.1. The quantitative estimate of drug-likeness (QED) is 0.0310. The summed E-state index contributed by atoms with van der Waals surface area (Å²) in [6.07, 6.45) is -0.134. The highest BCUT2D eigenvalue weighted by atomic mass is 16.6. The zero-order chi connectivity index (χ0) is 69.8. The van der Waals surface area contributed by atoms with E-state index in [9.17, 15) is 52.7 Å². The summed E-state index contributed by atoms with van der Waals surface area (Å²) in [6, 6.07) is 9.64. The summed E-state index contributed by atoms with van der Waals surface area (Å²) in [5.41, 5.74) is 6.61. The fraction of sp³-hybridized carbons (Fsp3) is 0.662. The van der Waals surface area contributed by atoms with Crippen LogP contribution in [0.1, 0.15) is 159 Å². The number of methoxy groups -OCH3 is 2. The fourth-order valence-electron chi connectivity index (χ4n) is 12.3. The second-order valence-corrected chi connectivity index (χ2v) is 27.0. The van der Waals surface area contributed by atoms with Crippen LogP contribution in [0.4, 0.5) is 15.3 Å². The van der Waals surface area contributed by atoms with E-state index in [1.54, 1.807) is 75.9 Å². The molecule has 4 rings (SSSR count). The molecule has 1 unspecified atom stereocenters. The lowest BCUT2D eigenvalue weighted by molar-refractivity contribution is -0.148. The highest BCUT2D eigenvalue weighted by molar-refractivity contribution is 6.04. The Labute approximate surface area is 550 Å². The normalized spacial score (nSPS) is 18.3. The standard InChI is InChI=1S/C68H107N11O14/c1-18-42(8)58(51(91-16)37-54(82)78-34-23-27-50(78)59(92-17)43(9)60(83)71-44(10)46-24-20-19-21-25-46)76(14)65(88)56(40(4)5)75-63(86)57(41(6)7)77(15)67(90)93-38-45-28-30-47(31-29-45)72-61(84)49(26-22-33-70-66(69)89)73-62(85)55(39(2)3)74-52(80)32-35-79-53(81)36-48(64(79)87)68(11,12)13/h19-21,24-25,28-31,39-44,48-51,55-59H,18,22-23,26-27,32-38H2,1-17H3,(H,71,83)(H,72,84)(H,73,85)(H,74,80)(H,75,86)(H3,69,70,89)/t42-,43+,44+,48?,49-,50-,51+,55-,56-,57-,58-,59+/m0/s1. The summed E-state index contributed by atoms with van der Waals surface area (Å²) in [7, 11) is 6.15. The van der Waals surface area contributed by atoms with Gasteiger partial charge in [0.2, 0.25) is 53.2 Å². The van der Waals surface area contributed by atoms with Gasteiger partial charge in [-0.3, -0.25) is 53.0 Å². The Balaban J connectivity index is 1.39. The molecule has 2 aliphatic heterocycles. The molecule has 8 N–H and O–H groups in total. The smallest absolute Gasteiger partial charge is 0.410 e. The van der Waals surface area contributed by atoms with Crippen LogP contribution >= 0.6 is 0 Å². The Morgan fingerprint density at radius 3 is 1.92 bits per heavy atom. The van der Waals surface area contributed by atoms with Gasteiger partial charge in [-0.2, -0.15) is 0 Å². The molecule has 2 saturated heterocycles. The molecule has 2 heterocycles. The lowest BCUT2D eigenvalue weighted by Crippen LogP contribution is -2.60. The van der Waals surface area contributed by atoms with Gasteiger partial charge >= 0.3 is 12.1 Å². The van der Waals surface area contributed by atoms with Gasteiger partial charge in [0.05, 0.1) is 48.6 Å². The molecule has 0 aromatic heterocycles. The van der Waals surface area contributed by atoms with Crippen LogP contribution in [-0.2, 0) is 64.0 Å². The predicted molar refractivity (Wildman–Crippen MR) is 352 cm³/mol. The van der Waals surface area contributed by atoms with Gasteiger partial charge in [-0.15, -0.1) is 0 Å². The summed E-state index contributed by atoms with van der Waals surface area (Å²) in [5, 5.41) is 16.7. The van der Waals surface area contributed by atoms with E-state index in [4.69, 9.17) is 19.9 Å². The van der Waals surface area contributed by atoms with E-state index in [-0.39, 0.29) is 93.4 Å². The molecule has 0 saturated carbocycles. The Hall–Kier alpha value is -7.67. The van der Waals surface area contributed by atoms with Crippen LogP contribution in [0.15, 0.2) is 54.6 Å². The summed E-state index contributed by atoms with van der Waals surface area (Å²) in [6.45, 7) is 24.1. The molecule has 518 valence electrons. The molecule has 2 aromatic carbocycles. The van der Waals surface area contributed by atoms with E-state index in [1.807, 2.05) is 92.6 Å². The van der Waals surface area contributed by atoms with E-state index in [0.29, 0.717) is 37.1 Å². The number of anilines is 1. The molecule has 0 radical (unpaired) electrons. The molecule has 0 spiro atoms. The number of imide groups is 1. The molecule has 2 aliphatic rings. The summed E-state index contributed by atoms with van der Waals surface area (Å²) in [4.78, 5) is 155. The molecule has 93 heavy (non-hydrogen) atoms. The number of primary amides is 1. The number of benzene rings is 2. The van der Waals surface area contributed by atoms with E-state index in [0.717, 1.165) is 10.5 Å². The number of ether oxygens (including phenoxy) is 3. The molecular weight excluding hydrogens is 1190 g/mol. The SMILES string of the molecule is CC[C@H](C)[C@@H]([C@@H](CC(=O)N1CCC[C@H]1[C@H](OC)[C@@H](C)C(=O)N[C@H](C)c1ccccc1)OC)N(C)C(=O)[C@@H](NC(=O)[C@H](C(C)C)N(C)C(=O)OCc1ccc(NC(=O)[C@H](CCCNC(N)=O)NC(=O)[C@@H](NC(=O)CCN2C(=O)CC(C(C)(C)C)C2=O)C(C)C)cc1)C(C)C. The van der Waals surface area contributed by atoms with Crippen molar-refractivity contribution in [2.45, 2.75) is 202 Å². The number of carbonyl (C=O) groups is 11. The average Bonchev–Trinajstić information content (AvgIpc) is 1.73. The maximum Gasteiger partial charge on any atom is 0.410 e. The molecule has 0 aliphatic carbocycles. The van der Waals surface area contributed by atoms with Gasteiger partial charge in [0.15, 0.2) is 0 Å². The topological polar surface area (TPSA) is 327 Å². The first-order valence-corrected chi connectivity index (χ1v) is 32.7. The maximum absolute atomic E-state index is 14.8. The Morgan fingerprint density at radius 2 is 1.38 bits per heavy atom.